The van der Waals surface area contributed by atoms with E-state index in [1.165, 1.54) is 87.2 Å². The van der Waals surface area contributed by atoms with Gasteiger partial charge in [-0.1, -0.05) is 109 Å². The van der Waals surface area contributed by atoms with Crippen LogP contribution in [0.3, 0.4) is 0 Å². The minimum absolute atomic E-state index is 1.14. The van der Waals surface area contributed by atoms with Gasteiger partial charge in [-0.15, -0.1) is 0 Å². The summed E-state index contributed by atoms with van der Waals surface area (Å²) in [4.78, 5) is 0. The van der Waals surface area contributed by atoms with Crippen molar-refractivity contribution in [2.75, 3.05) is 0 Å². The Morgan fingerprint density at radius 3 is 0.759 bits per heavy atom. The molecule has 0 aliphatic rings. The summed E-state index contributed by atoms with van der Waals surface area (Å²) in [6, 6.07) is 75.5. The summed E-state index contributed by atoms with van der Waals surface area (Å²) in [6.07, 6.45) is 0. The Hall–Kier alpha value is -7.82. The Bertz CT molecular complexity index is 3520. The lowest BCUT2D eigenvalue weighted by Crippen LogP contribution is -1.97. The SMILES string of the molecule is c1ccc(-n2c3ccccc3c3cc(-n4c5ccc(-n6c7ccccc7c7ccccc76)cc5c5cc(-n6c7ccccc7c7ccccc76)ccc54)ccc32)cc1. The second kappa shape index (κ2) is 11.8. The molecule has 0 fully saturated rings. The molecule has 0 radical (unpaired) electrons. The van der Waals surface area contributed by atoms with Crippen LogP contribution < -0.4 is 0 Å². The monoisotopic (exact) mass is 738 g/mol. The lowest BCUT2D eigenvalue weighted by molar-refractivity contribution is 1.16. The number of benzene rings is 9. The lowest BCUT2D eigenvalue weighted by atomic mass is 10.1. The fourth-order valence-electron chi connectivity index (χ4n) is 9.91. The highest BCUT2D eigenvalue weighted by Gasteiger charge is 2.20. The molecule has 0 N–H and O–H groups in total. The van der Waals surface area contributed by atoms with Crippen molar-refractivity contribution in [1.82, 2.24) is 18.3 Å². The molecule has 4 heteroatoms. The van der Waals surface area contributed by atoms with Gasteiger partial charge in [0.2, 0.25) is 0 Å². The molecule has 9 aromatic carbocycles. The number of aromatic nitrogens is 4. The van der Waals surface area contributed by atoms with Gasteiger partial charge in [-0.3, -0.25) is 0 Å². The Labute approximate surface area is 333 Å². The largest absolute Gasteiger partial charge is 0.309 e. The van der Waals surface area contributed by atoms with Gasteiger partial charge in [0, 0.05) is 65.8 Å². The van der Waals surface area contributed by atoms with Crippen LogP contribution in [0.5, 0.6) is 0 Å². The zero-order chi connectivity index (χ0) is 37.9. The number of fused-ring (bicyclic) bond motifs is 12. The van der Waals surface area contributed by atoms with E-state index in [0.29, 0.717) is 0 Å². The zero-order valence-corrected chi connectivity index (χ0v) is 31.4. The molecule has 0 saturated carbocycles. The van der Waals surface area contributed by atoms with Gasteiger partial charge in [0.05, 0.1) is 44.1 Å². The molecular formula is C54H34N4. The Morgan fingerprint density at radius 2 is 0.414 bits per heavy atom. The molecule has 0 atom stereocenters. The van der Waals surface area contributed by atoms with E-state index in [4.69, 9.17) is 0 Å². The van der Waals surface area contributed by atoms with Crippen LogP contribution >= 0.6 is 0 Å². The normalized spacial score (nSPS) is 12.1. The summed E-state index contributed by atoms with van der Waals surface area (Å²) in [7, 11) is 0. The maximum Gasteiger partial charge on any atom is 0.0542 e. The van der Waals surface area contributed by atoms with Crippen LogP contribution in [0.2, 0.25) is 0 Å². The van der Waals surface area contributed by atoms with E-state index in [2.05, 4.69) is 225 Å². The first kappa shape index (κ1) is 31.4. The molecule has 4 nitrogen and oxygen atoms in total. The third-order valence-electron chi connectivity index (χ3n) is 12.3. The van der Waals surface area contributed by atoms with Crippen LogP contribution in [-0.2, 0) is 0 Å². The van der Waals surface area contributed by atoms with E-state index >= 15 is 0 Å². The van der Waals surface area contributed by atoms with E-state index in [0.717, 1.165) is 22.7 Å². The van der Waals surface area contributed by atoms with Crippen molar-refractivity contribution in [2.45, 2.75) is 0 Å². The molecule has 58 heavy (non-hydrogen) atoms. The number of para-hydroxylation sites is 6. The molecule has 270 valence electrons. The molecule has 0 unspecified atom stereocenters. The Balaban J connectivity index is 1.11. The zero-order valence-electron chi connectivity index (χ0n) is 31.4. The molecule has 0 saturated heterocycles. The Kier molecular flexibility index (Phi) is 6.41. The van der Waals surface area contributed by atoms with Crippen molar-refractivity contribution in [2.24, 2.45) is 0 Å². The third kappa shape index (κ3) is 4.29. The molecule has 0 aliphatic heterocycles. The van der Waals surface area contributed by atoms with E-state index < -0.39 is 0 Å². The molecule has 13 rings (SSSR count). The van der Waals surface area contributed by atoms with Gasteiger partial charge in [-0.25, -0.2) is 0 Å². The third-order valence-corrected chi connectivity index (χ3v) is 12.3. The first-order valence-corrected chi connectivity index (χ1v) is 19.9. The molecule has 0 aliphatic carbocycles. The van der Waals surface area contributed by atoms with Crippen molar-refractivity contribution >= 4 is 87.2 Å². The van der Waals surface area contributed by atoms with E-state index in [-0.39, 0.29) is 0 Å². The number of nitrogens with zero attached hydrogens (tertiary/aromatic N) is 4. The molecule has 0 spiro atoms. The predicted octanol–water partition coefficient (Wildman–Crippen LogP) is 14.1. The summed E-state index contributed by atoms with van der Waals surface area (Å²) in [5.41, 5.74) is 14.2. The Morgan fingerprint density at radius 1 is 0.172 bits per heavy atom. The van der Waals surface area contributed by atoms with Gasteiger partial charge < -0.3 is 18.3 Å². The standard InChI is InChI=1S/C54H34N4/c1-2-14-35(15-3-1)55-51-25-13-8-20-43(51)44-32-36(26-29-52(44)55)58-53-30-27-37(56-47-21-9-4-16-39(47)40-17-5-10-22-48(40)56)33-45(53)46-34-38(28-31-54(46)58)57-49-23-11-6-18-41(49)42-19-7-12-24-50(42)57/h1-34H. The van der Waals surface area contributed by atoms with Crippen LogP contribution in [0.15, 0.2) is 206 Å². The fourth-order valence-corrected chi connectivity index (χ4v) is 9.91. The minimum Gasteiger partial charge on any atom is -0.309 e. The topological polar surface area (TPSA) is 19.7 Å². The van der Waals surface area contributed by atoms with Crippen LogP contribution in [-0.4, -0.2) is 18.3 Å². The first-order valence-electron chi connectivity index (χ1n) is 19.9. The van der Waals surface area contributed by atoms with Gasteiger partial charge in [0.1, 0.15) is 0 Å². The predicted molar refractivity (Wildman–Crippen MR) is 244 cm³/mol. The van der Waals surface area contributed by atoms with E-state index in [1.807, 2.05) is 0 Å². The number of rotatable bonds is 4. The van der Waals surface area contributed by atoms with Gasteiger partial charge in [0.25, 0.3) is 0 Å². The molecule has 0 amide bonds. The van der Waals surface area contributed by atoms with E-state index in [9.17, 15) is 0 Å². The van der Waals surface area contributed by atoms with Crippen LogP contribution in [0.25, 0.3) is 110 Å². The second-order valence-corrected chi connectivity index (χ2v) is 15.4. The fraction of sp³-hybridized carbons (Fsp3) is 0. The van der Waals surface area contributed by atoms with Crippen LogP contribution in [0, 0.1) is 0 Å². The maximum absolute atomic E-state index is 2.46. The van der Waals surface area contributed by atoms with Crippen molar-refractivity contribution in [1.29, 1.82) is 0 Å². The van der Waals surface area contributed by atoms with Crippen molar-refractivity contribution in [3.8, 4) is 22.7 Å². The van der Waals surface area contributed by atoms with Crippen molar-refractivity contribution < 1.29 is 0 Å². The summed E-state index contributed by atoms with van der Waals surface area (Å²) >= 11 is 0. The smallest absolute Gasteiger partial charge is 0.0542 e. The summed E-state index contributed by atoms with van der Waals surface area (Å²) < 4.78 is 9.70. The van der Waals surface area contributed by atoms with Crippen LogP contribution in [0.4, 0.5) is 0 Å². The molecular weight excluding hydrogens is 705 g/mol. The number of hydrogen-bond acceptors (Lipinski definition) is 0. The van der Waals surface area contributed by atoms with Crippen molar-refractivity contribution in [3.63, 3.8) is 0 Å². The number of hydrogen-bond donors (Lipinski definition) is 0. The molecule has 4 heterocycles. The summed E-state index contributed by atoms with van der Waals surface area (Å²) in [6.45, 7) is 0. The minimum atomic E-state index is 1.14. The average Bonchev–Trinajstić information content (AvgIpc) is 4.01. The molecule has 4 aromatic heterocycles. The highest BCUT2D eigenvalue weighted by atomic mass is 15.0. The lowest BCUT2D eigenvalue weighted by Gasteiger charge is -2.12. The van der Waals surface area contributed by atoms with Gasteiger partial charge in [-0.05, 0) is 97.1 Å². The average molecular weight is 739 g/mol. The molecule has 0 bridgehead atoms. The molecule has 13 aromatic rings. The first-order chi connectivity index (χ1) is 28.8. The van der Waals surface area contributed by atoms with Crippen molar-refractivity contribution in [3.05, 3.63) is 206 Å². The van der Waals surface area contributed by atoms with E-state index in [1.54, 1.807) is 0 Å². The summed E-state index contributed by atoms with van der Waals surface area (Å²) in [5, 5.41) is 9.94. The highest BCUT2D eigenvalue weighted by molar-refractivity contribution is 6.15. The van der Waals surface area contributed by atoms with Gasteiger partial charge in [0.15, 0.2) is 0 Å². The summed E-state index contributed by atoms with van der Waals surface area (Å²) in [5.74, 6) is 0. The van der Waals surface area contributed by atoms with Crippen LogP contribution in [0.1, 0.15) is 0 Å². The van der Waals surface area contributed by atoms with Gasteiger partial charge in [-0.2, -0.15) is 0 Å². The maximum atomic E-state index is 2.46. The quantitative estimate of drug-likeness (QED) is 0.171. The highest BCUT2D eigenvalue weighted by Crippen LogP contribution is 2.41. The van der Waals surface area contributed by atoms with Gasteiger partial charge >= 0.3 is 0 Å². The second-order valence-electron chi connectivity index (χ2n) is 15.4.